The van der Waals surface area contributed by atoms with Gasteiger partial charge < -0.3 is 4.52 Å². The largest absolute Gasteiger partial charge is 0.360 e. The van der Waals surface area contributed by atoms with Gasteiger partial charge in [0, 0.05) is 23.0 Å². The molecular formula is C20H17N3O4. The lowest BCUT2D eigenvalue weighted by atomic mass is 10.1. The van der Waals surface area contributed by atoms with E-state index in [-0.39, 0.29) is 12.3 Å². The zero-order valence-electron chi connectivity index (χ0n) is 15.1. The van der Waals surface area contributed by atoms with Crippen molar-refractivity contribution in [1.29, 1.82) is 0 Å². The van der Waals surface area contributed by atoms with E-state index in [2.05, 4.69) is 5.16 Å². The average Bonchev–Trinajstić information content (AvgIpc) is 3.26. The molecule has 3 heterocycles. The predicted molar refractivity (Wildman–Crippen MR) is 96.2 cm³/mol. The first-order chi connectivity index (χ1) is 12.9. The summed E-state index contributed by atoms with van der Waals surface area (Å²) in [6.45, 7) is 5.15. The minimum absolute atomic E-state index is 0.297. The van der Waals surface area contributed by atoms with Crippen molar-refractivity contribution in [3.05, 3.63) is 70.2 Å². The number of benzene rings is 1. The van der Waals surface area contributed by atoms with Gasteiger partial charge in [-0.15, -0.1) is 0 Å². The van der Waals surface area contributed by atoms with E-state index in [9.17, 15) is 14.4 Å². The molecule has 4 rings (SSSR count). The summed E-state index contributed by atoms with van der Waals surface area (Å²) in [5.74, 6) is 0.0671. The number of aryl methyl sites for hydroxylation is 2. The third-order valence-electron chi connectivity index (χ3n) is 4.76. The SMILES string of the molecule is Cc1cc(-n2c(C)cc(C(=O)CN3C(=O)c4ccccc4C3=O)c2C)no1. The Morgan fingerprint density at radius 1 is 1.04 bits per heavy atom. The van der Waals surface area contributed by atoms with Gasteiger partial charge in [0.05, 0.1) is 17.7 Å². The van der Waals surface area contributed by atoms with Crippen LogP contribution in [0.1, 0.15) is 48.2 Å². The number of rotatable bonds is 4. The number of imide groups is 1. The second-order valence-corrected chi connectivity index (χ2v) is 6.58. The number of Topliss-reactive ketones (excluding diaryl/α,β-unsaturated/α-hetero) is 1. The third kappa shape index (κ3) is 2.59. The summed E-state index contributed by atoms with van der Waals surface area (Å²) in [4.78, 5) is 38.8. The number of carbonyl (C=O) groups excluding carboxylic acids is 3. The van der Waals surface area contributed by atoms with E-state index >= 15 is 0 Å². The van der Waals surface area contributed by atoms with E-state index in [4.69, 9.17) is 4.52 Å². The topological polar surface area (TPSA) is 85.4 Å². The van der Waals surface area contributed by atoms with E-state index in [0.717, 1.165) is 10.6 Å². The van der Waals surface area contributed by atoms with Crippen molar-refractivity contribution in [2.75, 3.05) is 6.54 Å². The number of carbonyl (C=O) groups is 3. The fourth-order valence-electron chi connectivity index (χ4n) is 3.47. The third-order valence-corrected chi connectivity index (χ3v) is 4.76. The molecular weight excluding hydrogens is 346 g/mol. The van der Waals surface area contributed by atoms with Gasteiger partial charge in [0.2, 0.25) is 0 Å². The first-order valence-electron chi connectivity index (χ1n) is 8.49. The maximum absolute atomic E-state index is 12.9. The highest BCUT2D eigenvalue weighted by Crippen LogP contribution is 2.25. The summed E-state index contributed by atoms with van der Waals surface area (Å²) in [6, 6.07) is 10.1. The van der Waals surface area contributed by atoms with Crippen LogP contribution in [0.5, 0.6) is 0 Å². The maximum atomic E-state index is 12.9. The summed E-state index contributed by atoms with van der Waals surface area (Å²) in [7, 11) is 0. The molecule has 2 aromatic heterocycles. The highest BCUT2D eigenvalue weighted by Gasteiger charge is 2.36. The molecule has 0 N–H and O–H groups in total. The first-order valence-corrected chi connectivity index (χ1v) is 8.49. The molecule has 0 saturated carbocycles. The van der Waals surface area contributed by atoms with Crippen molar-refractivity contribution in [3.63, 3.8) is 0 Å². The molecule has 136 valence electrons. The second-order valence-electron chi connectivity index (χ2n) is 6.58. The summed E-state index contributed by atoms with van der Waals surface area (Å²) >= 11 is 0. The molecule has 3 aromatic rings. The van der Waals surface area contributed by atoms with E-state index in [1.54, 1.807) is 50.2 Å². The highest BCUT2D eigenvalue weighted by atomic mass is 16.5. The Kier molecular flexibility index (Phi) is 3.80. The van der Waals surface area contributed by atoms with Gasteiger partial charge in [0.1, 0.15) is 5.76 Å². The smallest absolute Gasteiger partial charge is 0.261 e. The van der Waals surface area contributed by atoms with Gasteiger partial charge in [-0.3, -0.25) is 23.9 Å². The van der Waals surface area contributed by atoms with Gasteiger partial charge >= 0.3 is 0 Å². The van der Waals surface area contributed by atoms with Crippen LogP contribution in [0, 0.1) is 20.8 Å². The number of ketones is 1. The molecule has 1 aliphatic heterocycles. The first kappa shape index (κ1) is 17.0. The minimum atomic E-state index is -0.440. The number of hydrogen-bond acceptors (Lipinski definition) is 5. The molecule has 0 fully saturated rings. The van der Waals surface area contributed by atoms with Crippen LogP contribution in [-0.2, 0) is 0 Å². The van der Waals surface area contributed by atoms with Crippen LogP contribution in [-0.4, -0.2) is 38.8 Å². The Labute approximate surface area is 155 Å². The molecule has 1 aliphatic rings. The Hall–Kier alpha value is -3.48. The van der Waals surface area contributed by atoms with Gasteiger partial charge in [0.25, 0.3) is 11.8 Å². The average molecular weight is 363 g/mol. The number of nitrogens with zero attached hydrogens (tertiary/aromatic N) is 3. The summed E-state index contributed by atoms with van der Waals surface area (Å²) in [6.07, 6.45) is 0. The van der Waals surface area contributed by atoms with E-state index in [0.29, 0.717) is 34.0 Å². The molecule has 0 saturated heterocycles. The van der Waals surface area contributed by atoms with Crippen LogP contribution < -0.4 is 0 Å². The molecule has 1 aromatic carbocycles. The molecule has 0 unspecified atom stereocenters. The lowest BCUT2D eigenvalue weighted by Gasteiger charge is -2.13. The van der Waals surface area contributed by atoms with Crippen LogP contribution in [0.15, 0.2) is 40.9 Å². The molecule has 27 heavy (non-hydrogen) atoms. The molecule has 0 atom stereocenters. The number of fused-ring (bicyclic) bond motifs is 1. The molecule has 0 spiro atoms. The zero-order valence-corrected chi connectivity index (χ0v) is 15.1. The standard InChI is InChI=1S/C20H17N3O4/c1-11-8-16(13(3)23(11)18-9-12(2)27-21-18)17(24)10-22-19(25)14-6-4-5-7-15(14)20(22)26/h4-9H,10H2,1-3H3. The molecule has 2 amide bonds. The number of amides is 2. The van der Waals surface area contributed by atoms with Crippen molar-refractivity contribution >= 4 is 17.6 Å². The fourth-order valence-corrected chi connectivity index (χ4v) is 3.47. The van der Waals surface area contributed by atoms with E-state index < -0.39 is 11.8 Å². The molecule has 7 nitrogen and oxygen atoms in total. The second kappa shape index (κ2) is 6.05. The Morgan fingerprint density at radius 2 is 1.67 bits per heavy atom. The van der Waals surface area contributed by atoms with E-state index in [1.165, 1.54) is 0 Å². The molecule has 0 bridgehead atoms. The van der Waals surface area contributed by atoms with Gasteiger partial charge in [-0.05, 0) is 39.0 Å². The summed E-state index contributed by atoms with van der Waals surface area (Å²) in [5, 5.41) is 3.99. The quantitative estimate of drug-likeness (QED) is 0.526. The maximum Gasteiger partial charge on any atom is 0.261 e. The number of hydrogen-bond donors (Lipinski definition) is 0. The lowest BCUT2D eigenvalue weighted by molar-refractivity contribution is 0.0624. The van der Waals surface area contributed by atoms with Crippen LogP contribution in [0.3, 0.4) is 0 Å². The van der Waals surface area contributed by atoms with Crippen molar-refractivity contribution in [2.45, 2.75) is 20.8 Å². The van der Waals surface area contributed by atoms with Crippen LogP contribution in [0.4, 0.5) is 0 Å². The highest BCUT2D eigenvalue weighted by molar-refractivity contribution is 6.23. The van der Waals surface area contributed by atoms with Gasteiger partial charge in [-0.25, -0.2) is 0 Å². The van der Waals surface area contributed by atoms with Crippen LogP contribution >= 0.6 is 0 Å². The summed E-state index contributed by atoms with van der Waals surface area (Å²) < 4.78 is 6.93. The van der Waals surface area contributed by atoms with Crippen LogP contribution in [0.25, 0.3) is 5.82 Å². The Morgan fingerprint density at radius 3 is 2.22 bits per heavy atom. The Bertz CT molecular complexity index is 1070. The van der Waals surface area contributed by atoms with Crippen molar-refractivity contribution in [2.24, 2.45) is 0 Å². The van der Waals surface area contributed by atoms with Crippen molar-refractivity contribution < 1.29 is 18.9 Å². The monoisotopic (exact) mass is 363 g/mol. The van der Waals surface area contributed by atoms with Crippen LogP contribution in [0.2, 0.25) is 0 Å². The summed E-state index contributed by atoms with van der Waals surface area (Å²) in [5.41, 5.74) is 2.61. The Balaban J connectivity index is 1.64. The van der Waals surface area contributed by atoms with Crippen molar-refractivity contribution in [1.82, 2.24) is 14.6 Å². The van der Waals surface area contributed by atoms with Gasteiger partial charge in [-0.2, -0.15) is 0 Å². The molecule has 0 radical (unpaired) electrons. The van der Waals surface area contributed by atoms with Crippen molar-refractivity contribution in [3.8, 4) is 5.82 Å². The normalized spacial score (nSPS) is 13.4. The molecule has 7 heteroatoms. The fraction of sp³-hybridized carbons (Fsp3) is 0.200. The zero-order chi connectivity index (χ0) is 19.3. The predicted octanol–water partition coefficient (Wildman–Crippen LogP) is 2.87. The minimum Gasteiger partial charge on any atom is -0.360 e. The van der Waals surface area contributed by atoms with Gasteiger partial charge in [-0.1, -0.05) is 17.3 Å². The lowest BCUT2D eigenvalue weighted by Crippen LogP contribution is -2.35. The molecule has 0 aliphatic carbocycles. The van der Waals surface area contributed by atoms with E-state index in [1.807, 2.05) is 11.5 Å². The number of aromatic nitrogens is 2. The van der Waals surface area contributed by atoms with Gasteiger partial charge in [0.15, 0.2) is 11.6 Å².